The fourth-order valence-corrected chi connectivity index (χ4v) is 3.97. The van der Waals surface area contributed by atoms with Crippen LogP contribution < -0.4 is 5.32 Å². The maximum Gasteiger partial charge on any atom is 0.223 e. The molecule has 0 fully saturated rings. The minimum atomic E-state index is -0.166. The number of thiazole rings is 1. The fourth-order valence-electron chi connectivity index (χ4n) is 2.77. The maximum absolute atomic E-state index is 12.4. The molecule has 0 radical (unpaired) electrons. The van der Waals surface area contributed by atoms with Crippen LogP contribution >= 0.6 is 11.3 Å². The first-order valence-corrected chi connectivity index (χ1v) is 8.60. The lowest BCUT2D eigenvalue weighted by Crippen LogP contribution is -2.45. The van der Waals surface area contributed by atoms with Crippen molar-refractivity contribution in [1.82, 2.24) is 10.3 Å². The van der Waals surface area contributed by atoms with Crippen LogP contribution in [0.5, 0.6) is 0 Å². The van der Waals surface area contributed by atoms with E-state index in [4.69, 9.17) is 4.98 Å². The Balaban J connectivity index is 1.77. The molecular formula is C18H22N2OS. The number of amides is 1. The van der Waals surface area contributed by atoms with E-state index < -0.39 is 0 Å². The Kier molecular flexibility index (Phi) is 4.04. The van der Waals surface area contributed by atoms with Gasteiger partial charge < -0.3 is 5.32 Å². The van der Waals surface area contributed by atoms with Crippen molar-refractivity contribution in [2.75, 3.05) is 0 Å². The summed E-state index contributed by atoms with van der Waals surface area (Å²) in [7, 11) is 0. The van der Waals surface area contributed by atoms with Gasteiger partial charge >= 0.3 is 0 Å². The average molecular weight is 314 g/mol. The largest absolute Gasteiger partial charge is 0.351 e. The number of benzene rings is 1. The van der Waals surface area contributed by atoms with Gasteiger partial charge in [0.05, 0.1) is 5.69 Å². The molecule has 1 aliphatic carbocycles. The minimum absolute atomic E-state index is 0.0794. The highest BCUT2D eigenvalue weighted by Crippen LogP contribution is 2.34. The third-order valence-corrected chi connectivity index (χ3v) is 5.00. The lowest BCUT2D eigenvalue weighted by atomic mass is 9.89. The molecule has 4 heteroatoms. The topological polar surface area (TPSA) is 42.0 Å². The zero-order chi connectivity index (χ0) is 15.7. The number of aryl methyl sites for hydroxylation is 1. The predicted octanol–water partition coefficient (Wildman–Crippen LogP) is 3.83. The van der Waals surface area contributed by atoms with E-state index in [2.05, 4.69) is 17.4 Å². The average Bonchev–Trinajstić information content (AvgIpc) is 2.89. The van der Waals surface area contributed by atoms with E-state index in [1.54, 1.807) is 11.3 Å². The zero-order valence-electron chi connectivity index (χ0n) is 13.3. The molecule has 116 valence electrons. The number of hydrogen-bond donors (Lipinski definition) is 1. The van der Waals surface area contributed by atoms with Gasteiger partial charge in [-0.25, -0.2) is 4.98 Å². The summed E-state index contributed by atoms with van der Waals surface area (Å²) in [5.74, 6) is 0.253. The number of nitrogens with zero attached hydrogens (tertiary/aromatic N) is 1. The van der Waals surface area contributed by atoms with Crippen LogP contribution in [0.15, 0.2) is 30.3 Å². The third-order valence-electron chi connectivity index (χ3n) is 3.83. The van der Waals surface area contributed by atoms with Crippen LogP contribution in [-0.4, -0.2) is 16.4 Å². The quantitative estimate of drug-likeness (QED) is 0.915. The number of rotatable bonds is 2. The van der Waals surface area contributed by atoms with Crippen molar-refractivity contribution < 1.29 is 4.79 Å². The van der Waals surface area contributed by atoms with E-state index >= 15 is 0 Å². The summed E-state index contributed by atoms with van der Waals surface area (Å²) in [6.45, 7) is 6.08. The third kappa shape index (κ3) is 3.38. The van der Waals surface area contributed by atoms with Gasteiger partial charge in [0.2, 0.25) is 5.91 Å². The van der Waals surface area contributed by atoms with Gasteiger partial charge in [-0.05, 0) is 40.0 Å². The fraction of sp³-hybridized carbons (Fsp3) is 0.444. The van der Waals surface area contributed by atoms with E-state index in [1.165, 1.54) is 10.6 Å². The molecule has 22 heavy (non-hydrogen) atoms. The molecule has 0 aliphatic heterocycles. The summed E-state index contributed by atoms with van der Waals surface area (Å²) in [5.41, 5.74) is 2.18. The molecule has 0 bridgehead atoms. The van der Waals surface area contributed by atoms with Gasteiger partial charge in [-0.3, -0.25) is 4.79 Å². The molecule has 1 aliphatic rings. The van der Waals surface area contributed by atoms with Crippen molar-refractivity contribution in [3.63, 3.8) is 0 Å². The SMILES string of the molecule is CC(C)(C)NC(=O)C1CCc2nc(-c3ccccc3)sc2C1. The first-order valence-electron chi connectivity index (χ1n) is 7.78. The van der Waals surface area contributed by atoms with E-state index in [-0.39, 0.29) is 17.4 Å². The van der Waals surface area contributed by atoms with Gasteiger partial charge in [-0.1, -0.05) is 30.3 Å². The van der Waals surface area contributed by atoms with Gasteiger partial charge in [-0.15, -0.1) is 11.3 Å². The maximum atomic E-state index is 12.4. The van der Waals surface area contributed by atoms with Crippen LogP contribution in [0.3, 0.4) is 0 Å². The molecule has 3 rings (SSSR count). The normalized spacial score (nSPS) is 17.9. The van der Waals surface area contributed by atoms with Crippen molar-refractivity contribution in [2.45, 2.75) is 45.6 Å². The Hall–Kier alpha value is -1.68. The number of fused-ring (bicyclic) bond motifs is 1. The first-order chi connectivity index (χ1) is 10.4. The summed E-state index contributed by atoms with van der Waals surface area (Å²) >= 11 is 1.74. The molecule has 1 aromatic carbocycles. The molecular weight excluding hydrogens is 292 g/mol. The summed E-state index contributed by atoms with van der Waals surface area (Å²) < 4.78 is 0. The van der Waals surface area contributed by atoms with E-state index in [0.29, 0.717) is 0 Å². The van der Waals surface area contributed by atoms with Gasteiger partial charge in [0.25, 0.3) is 0 Å². The second kappa shape index (κ2) is 5.84. The van der Waals surface area contributed by atoms with E-state index in [0.717, 1.165) is 29.8 Å². The zero-order valence-corrected chi connectivity index (χ0v) is 14.2. The number of hydrogen-bond acceptors (Lipinski definition) is 3. The Morgan fingerprint density at radius 2 is 2.00 bits per heavy atom. The molecule has 0 saturated heterocycles. The second-order valence-corrected chi connectivity index (χ2v) is 8.02. The number of nitrogens with one attached hydrogen (secondary N) is 1. The van der Waals surface area contributed by atoms with Gasteiger partial charge in [0.1, 0.15) is 5.01 Å². The van der Waals surface area contributed by atoms with E-state index in [1.807, 2.05) is 39.0 Å². The van der Waals surface area contributed by atoms with Crippen LogP contribution in [0.4, 0.5) is 0 Å². The van der Waals surface area contributed by atoms with Crippen LogP contribution in [0, 0.1) is 5.92 Å². The highest BCUT2D eigenvalue weighted by Gasteiger charge is 2.29. The molecule has 0 saturated carbocycles. The lowest BCUT2D eigenvalue weighted by Gasteiger charge is -2.26. The van der Waals surface area contributed by atoms with Crippen LogP contribution in [0.1, 0.15) is 37.8 Å². The molecule has 1 N–H and O–H groups in total. The summed E-state index contributed by atoms with van der Waals surface area (Å²) in [5, 5.41) is 4.18. The first kappa shape index (κ1) is 15.2. The smallest absolute Gasteiger partial charge is 0.223 e. The van der Waals surface area contributed by atoms with Crippen molar-refractivity contribution >= 4 is 17.2 Å². The van der Waals surface area contributed by atoms with Crippen molar-refractivity contribution in [3.05, 3.63) is 40.9 Å². The van der Waals surface area contributed by atoms with Gasteiger partial charge in [0.15, 0.2) is 0 Å². The predicted molar refractivity (Wildman–Crippen MR) is 91.0 cm³/mol. The van der Waals surface area contributed by atoms with Gasteiger partial charge in [0, 0.05) is 21.9 Å². The monoisotopic (exact) mass is 314 g/mol. The van der Waals surface area contributed by atoms with Gasteiger partial charge in [-0.2, -0.15) is 0 Å². The lowest BCUT2D eigenvalue weighted by molar-refractivity contribution is -0.126. The summed E-state index contributed by atoms with van der Waals surface area (Å²) in [6, 6.07) is 10.3. The molecule has 1 amide bonds. The Morgan fingerprint density at radius 1 is 1.27 bits per heavy atom. The molecule has 1 atom stereocenters. The van der Waals surface area contributed by atoms with Crippen molar-refractivity contribution in [2.24, 2.45) is 5.92 Å². The Morgan fingerprint density at radius 3 is 2.68 bits per heavy atom. The summed E-state index contributed by atoms with van der Waals surface area (Å²) in [4.78, 5) is 18.4. The molecule has 3 nitrogen and oxygen atoms in total. The molecule has 1 unspecified atom stereocenters. The van der Waals surface area contributed by atoms with Crippen LogP contribution in [0.2, 0.25) is 0 Å². The molecule has 0 spiro atoms. The van der Waals surface area contributed by atoms with E-state index in [9.17, 15) is 4.79 Å². The van der Waals surface area contributed by atoms with Crippen molar-refractivity contribution in [1.29, 1.82) is 0 Å². The number of carbonyl (C=O) groups excluding carboxylic acids is 1. The summed E-state index contributed by atoms with van der Waals surface area (Å²) in [6.07, 6.45) is 2.62. The highest BCUT2D eigenvalue weighted by atomic mass is 32.1. The number of aromatic nitrogens is 1. The Labute approximate surface area is 135 Å². The second-order valence-electron chi connectivity index (χ2n) is 6.93. The molecule has 1 heterocycles. The van der Waals surface area contributed by atoms with Crippen molar-refractivity contribution in [3.8, 4) is 10.6 Å². The van der Waals surface area contributed by atoms with Crippen LogP contribution in [-0.2, 0) is 17.6 Å². The highest BCUT2D eigenvalue weighted by molar-refractivity contribution is 7.15. The Bertz CT molecular complexity index is 670. The molecule has 2 aromatic rings. The molecule has 1 aromatic heterocycles. The standard InChI is InChI=1S/C18H22N2OS/c1-18(2,3)20-16(21)13-9-10-14-15(11-13)22-17(19-14)12-7-5-4-6-8-12/h4-8,13H,9-11H2,1-3H3,(H,20,21). The van der Waals surface area contributed by atoms with Crippen LogP contribution in [0.25, 0.3) is 10.6 Å². The minimum Gasteiger partial charge on any atom is -0.351 e. The number of carbonyl (C=O) groups is 1.